The molecule has 1 aromatic rings. The first-order chi connectivity index (χ1) is 24.1. The second-order valence-electron chi connectivity index (χ2n) is 17.3. The second kappa shape index (κ2) is 17.7. The molecule has 2 aliphatic heterocycles. The molecule has 1 fully saturated rings. The van der Waals surface area contributed by atoms with Gasteiger partial charge < -0.3 is 23.1 Å². The molecule has 3 aliphatic rings. The summed E-state index contributed by atoms with van der Waals surface area (Å²) in [6.45, 7) is 30.5. The number of allylic oxidation sites excluding steroid dienone is 1. The second-order valence-corrected chi connectivity index (χ2v) is 27.4. The van der Waals surface area contributed by atoms with Crippen LogP contribution in [-0.4, -0.2) is 59.2 Å². The van der Waals surface area contributed by atoms with Gasteiger partial charge in [0.2, 0.25) is 8.32 Å². The van der Waals surface area contributed by atoms with E-state index in [1.165, 1.54) is 11.1 Å². The van der Waals surface area contributed by atoms with Gasteiger partial charge in [-0.3, -0.25) is 4.79 Å². The molecule has 0 aromatic heterocycles. The van der Waals surface area contributed by atoms with Crippen molar-refractivity contribution in [2.75, 3.05) is 6.61 Å². The van der Waals surface area contributed by atoms with Crippen LogP contribution in [-0.2, 0) is 34.5 Å². The zero-order valence-corrected chi connectivity index (χ0v) is 36.4. The Kier molecular flexibility index (Phi) is 14.7. The molecule has 7 atom stereocenters. The number of hydrogen-bond acceptors (Lipinski definition) is 6. The number of fused-ring (bicyclic) bond motifs is 5. The van der Waals surface area contributed by atoms with Gasteiger partial charge in [0.05, 0.1) is 49.1 Å². The largest absolute Gasteiger partial charge is 0.463 e. The van der Waals surface area contributed by atoms with Crippen molar-refractivity contribution in [2.24, 2.45) is 17.8 Å². The molecule has 4 rings (SSSR count). The quantitative estimate of drug-likeness (QED) is 0.0955. The Morgan fingerprint density at radius 2 is 1.53 bits per heavy atom. The summed E-state index contributed by atoms with van der Waals surface area (Å²) in [5, 5.41) is 0. The minimum atomic E-state index is -2.08. The Morgan fingerprint density at radius 3 is 2.08 bits per heavy atom. The van der Waals surface area contributed by atoms with Crippen LogP contribution >= 0.6 is 0 Å². The van der Waals surface area contributed by atoms with Crippen LogP contribution < -0.4 is 0 Å². The molecular formula is C43H72O6Si2. The van der Waals surface area contributed by atoms with Crippen LogP contribution in [0.5, 0.6) is 0 Å². The van der Waals surface area contributed by atoms with Crippen molar-refractivity contribution in [3.8, 4) is 0 Å². The van der Waals surface area contributed by atoms with Gasteiger partial charge in [0.15, 0.2) is 8.32 Å². The summed E-state index contributed by atoms with van der Waals surface area (Å²) < 4.78 is 35.0. The summed E-state index contributed by atoms with van der Waals surface area (Å²) in [5.41, 5.74) is 4.63. The molecule has 1 aliphatic carbocycles. The first-order valence-corrected chi connectivity index (χ1v) is 25.0. The predicted molar refractivity (Wildman–Crippen MR) is 215 cm³/mol. The lowest BCUT2D eigenvalue weighted by molar-refractivity contribution is -0.167. The van der Waals surface area contributed by atoms with Crippen LogP contribution in [0.4, 0.5) is 0 Å². The van der Waals surface area contributed by atoms with Crippen molar-refractivity contribution in [1.82, 2.24) is 0 Å². The number of rotatable bonds is 16. The molecule has 2 heterocycles. The molecule has 1 aromatic carbocycles. The topological polar surface area (TPSA) is 63.2 Å². The van der Waals surface area contributed by atoms with E-state index < -0.39 is 34.3 Å². The van der Waals surface area contributed by atoms with E-state index in [1.807, 2.05) is 32.0 Å². The molecule has 288 valence electrons. The number of benzene rings is 1. The number of hydrogen-bond donors (Lipinski definition) is 0. The van der Waals surface area contributed by atoms with Crippen molar-refractivity contribution >= 4 is 22.6 Å². The van der Waals surface area contributed by atoms with Gasteiger partial charge in [0, 0.05) is 11.8 Å². The van der Waals surface area contributed by atoms with E-state index in [0.29, 0.717) is 29.8 Å². The summed E-state index contributed by atoms with van der Waals surface area (Å²) in [7, 11) is -4.15. The Balaban J connectivity index is 1.82. The Labute approximate surface area is 313 Å². The third-order valence-corrected chi connectivity index (χ3v) is 23.7. The van der Waals surface area contributed by atoms with Gasteiger partial charge in [-0.1, -0.05) is 110 Å². The molecule has 8 heteroatoms. The highest BCUT2D eigenvalue weighted by molar-refractivity contribution is 6.77. The number of carbonyl (C=O) groups excluding carboxylic acids is 1. The van der Waals surface area contributed by atoms with Crippen molar-refractivity contribution in [3.63, 3.8) is 0 Å². The average molecular weight is 741 g/mol. The molecule has 51 heavy (non-hydrogen) atoms. The van der Waals surface area contributed by atoms with Gasteiger partial charge in [-0.2, -0.15) is 0 Å². The standard InChI is InChI=1S/C43H72O6Si2/c1-14-50(15-2,16-3)49-43(13)24-20-23-35(28-46-51(30(6)7,31(8)9)32(10)11)26-37-38-33(12)25-36(45-27-34-21-18-17-19-22-34)39(40(38)41(43)48-37)42(44)47-29(4)5/h17-19,21-23,25,29-32,36-41H,14-16,20,24,26-28H2,1-13H3/b35-23+/t36-,37-,38-,39+,40+,41-,43-/m1/s1. The minimum absolute atomic E-state index is 0.0453. The fourth-order valence-electron chi connectivity index (χ4n) is 10.2. The monoisotopic (exact) mass is 740 g/mol. The Bertz CT molecular complexity index is 1300. The van der Waals surface area contributed by atoms with E-state index in [9.17, 15) is 4.79 Å². The smallest absolute Gasteiger partial charge is 0.312 e. The van der Waals surface area contributed by atoms with E-state index in [0.717, 1.165) is 43.0 Å². The van der Waals surface area contributed by atoms with Crippen LogP contribution in [0.3, 0.4) is 0 Å². The molecule has 0 amide bonds. The maximum Gasteiger partial charge on any atom is 0.312 e. The molecule has 1 saturated heterocycles. The molecule has 0 saturated carbocycles. The minimum Gasteiger partial charge on any atom is -0.463 e. The zero-order chi connectivity index (χ0) is 37.7. The van der Waals surface area contributed by atoms with Crippen molar-refractivity contribution in [3.05, 3.63) is 59.2 Å². The SMILES string of the molecule is CC[Si](CC)(CC)O[C@]1(C)CC/C=C(/CO[Si](C(C)C)(C(C)C)C(C)C)C[C@H]2O[C@@H]1[C@@H]1[C@@H](C(=O)OC(C)C)[C@H](OCc3ccccc3)C=C(C)[C@@H]12. The van der Waals surface area contributed by atoms with Crippen LogP contribution in [0, 0.1) is 17.8 Å². The molecule has 0 radical (unpaired) electrons. The lowest BCUT2D eigenvalue weighted by Gasteiger charge is -2.48. The third-order valence-electron chi connectivity index (χ3n) is 12.9. The summed E-state index contributed by atoms with van der Waals surface area (Å²) in [5.74, 6) is -0.787. The fraction of sp³-hybridized carbons (Fsp3) is 0.744. The lowest BCUT2D eigenvalue weighted by Crippen LogP contribution is -2.57. The molecule has 2 bridgehead atoms. The molecule has 0 N–H and O–H groups in total. The molecule has 0 unspecified atom stereocenters. The molecule has 0 spiro atoms. The van der Waals surface area contributed by atoms with E-state index in [2.05, 4.69) is 100 Å². The highest BCUT2D eigenvalue weighted by atomic mass is 28.4. The van der Waals surface area contributed by atoms with Gasteiger partial charge in [0.25, 0.3) is 0 Å². The first kappa shape index (κ1) is 42.2. The summed E-state index contributed by atoms with van der Waals surface area (Å²) in [6, 6.07) is 13.4. The van der Waals surface area contributed by atoms with Crippen molar-refractivity contribution in [1.29, 1.82) is 0 Å². The van der Waals surface area contributed by atoms with Crippen molar-refractivity contribution < 1.29 is 27.9 Å². The van der Waals surface area contributed by atoms with Crippen LogP contribution in [0.2, 0.25) is 34.8 Å². The summed E-state index contributed by atoms with van der Waals surface area (Å²) in [4.78, 5) is 14.4. The maximum absolute atomic E-state index is 14.4. The highest BCUT2D eigenvalue weighted by Crippen LogP contribution is 2.54. The van der Waals surface area contributed by atoms with E-state index in [4.69, 9.17) is 23.1 Å². The number of carbonyl (C=O) groups is 1. The highest BCUT2D eigenvalue weighted by Gasteiger charge is 2.61. The van der Waals surface area contributed by atoms with Crippen LogP contribution in [0.1, 0.15) is 115 Å². The first-order valence-electron chi connectivity index (χ1n) is 20.3. The number of esters is 1. The van der Waals surface area contributed by atoms with Gasteiger partial charge >= 0.3 is 5.97 Å². The third kappa shape index (κ3) is 9.05. The summed E-state index contributed by atoms with van der Waals surface area (Å²) >= 11 is 0. The van der Waals surface area contributed by atoms with Gasteiger partial charge in [-0.15, -0.1) is 0 Å². The Hall–Kier alpha value is -1.56. The van der Waals surface area contributed by atoms with E-state index in [1.54, 1.807) is 0 Å². The Morgan fingerprint density at radius 1 is 0.922 bits per heavy atom. The predicted octanol–water partition coefficient (Wildman–Crippen LogP) is 11.2. The normalized spacial score (nSPS) is 29.7. The van der Waals surface area contributed by atoms with Crippen LogP contribution in [0.25, 0.3) is 0 Å². The molecule has 6 nitrogen and oxygen atoms in total. The van der Waals surface area contributed by atoms with Gasteiger partial charge in [0.1, 0.15) is 0 Å². The zero-order valence-electron chi connectivity index (χ0n) is 34.4. The van der Waals surface area contributed by atoms with E-state index in [-0.39, 0.29) is 36.1 Å². The van der Waals surface area contributed by atoms with Gasteiger partial charge in [-0.05, 0) is 92.8 Å². The maximum atomic E-state index is 14.4. The van der Waals surface area contributed by atoms with Gasteiger partial charge in [-0.25, -0.2) is 0 Å². The number of ether oxygens (including phenoxy) is 3. The average Bonchev–Trinajstić information content (AvgIpc) is 3.48. The van der Waals surface area contributed by atoms with Crippen LogP contribution in [0.15, 0.2) is 53.6 Å². The summed E-state index contributed by atoms with van der Waals surface area (Å²) in [6.07, 6.45) is 6.15. The van der Waals surface area contributed by atoms with Crippen molar-refractivity contribution in [2.45, 2.75) is 181 Å². The lowest BCUT2D eigenvalue weighted by atomic mass is 9.64. The van der Waals surface area contributed by atoms with E-state index >= 15 is 0 Å². The fourth-order valence-corrected chi connectivity index (χ4v) is 18.8. The molecular weight excluding hydrogens is 669 g/mol.